The monoisotopic (exact) mass is 507 g/mol. The molecular formula is C24H25F4N5OS. The number of alkyl halides is 3. The van der Waals surface area contributed by atoms with Gasteiger partial charge in [0.15, 0.2) is 11.0 Å². The Labute approximate surface area is 203 Å². The standard InChI is InChI=1S/C24H25F4N5OS/c1-32-21(19-4-2-5-20(34)29-19)30-31-22(32)35-11-3-9-33-10-8-23(14-33)13-17(23)16-7-6-15(12-18(16)25)24(26,27)28/h2,4-7,12,17H,3,8-11,13-14H2,1H3,(H,29,34)/t17-,23?/m0/s1. The lowest BCUT2D eigenvalue weighted by Gasteiger charge is -2.16. The number of hydrogen-bond donors (Lipinski definition) is 1. The summed E-state index contributed by atoms with van der Waals surface area (Å²) in [6, 6.07) is 7.83. The van der Waals surface area contributed by atoms with E-state index in [-0.39, 0.29) is 16.9 Å². The second kappa shape index (κ2) is 9.09. The van der Waals surface area contributed by atoms with Crippen molar-refractivity contribution >= 4 is 11.8 Å². The molecule has 1 spiro atoms. The smallest absolute Gasteiger partial charge is 0.319 e. The lowest BCUT2D eigenvalue weighted by molar-refractivity contribution is -0.137. The molecule has 35 heavy (non-hydrogen) atoms. The van der Waals surface area contributed by atoms with Crippen LogP contribution in [0.4, 0.5) is 17.6 Å². The van der Waals surface area contributed by atoms with E-state index >= 15 is 0 Å². The molecule has 1 aromatic carbocycles. The van der Waals surface area contributed by atoms with Crippen molar-refractivity contribution in [1.29, 1.82) is 0 Å². The minimum absolute atomic E-state index is 0.00866. The number of thioether (sulfide) groups is 1. The van der Waals surface area contributed by atoms with Crippen LogP contribution in [-0.2, 0) is 13.2 Å². The van der Waals surface area contributed by atoms with E-state index in [1.807, 2.05) is 11.6 Å². The number of rotatable bonds is 7. The van der Waals surface area contributed by atoms with Crippen molar-refractivity contribution in [2.75, 3.05) is 25.4 Å². The molecule has 0 radical (unpaired) electrons. The van der Waals surface area contributed by atoms with Crippen molar-refractivity contribution in [3.05, 3.63) is 63.7 Å². The minimum Gasteiger partial charge on any atom is -0.319 e. The molecule has 1 unspecified atom stereocenters. The van der Waals surface area contributed by atoms with Gasteiger partial charge in [-0.15, -0.1) is 10.2 Å². The van der Waals surface area contributed by atoms with Crippen LogP contribution in [-0.4, -0.2) is 50.0 Å². The summed E-state index contributed by atoms with van der Waals surface area (Å²) in [7, 11) is 1.86. The summed E-state index contributed by atoms with van der Waals surface area (Å²) in [5.41, 5.74) is -0.120. The van der Waals surface area contributed by atoms with Gasteiger partial charge in [0.25, 0.3) is 0 Å². The number of hydrogen-bond acceptors (Lipinski definition) is 5. The van der Waals surface area contributed by atoms with Gasteiger partial charge in [-0.25, -0.2) is 4.39 Å². The van der Waals surface area contributed by atoms with Crippen molar-refractivity contribution in [2.45, 2.75) is 36.5 Å². The molecule has 5 rings (SSSR count). The van der Waals surface area contributed by atoms with Gasteiger partial charge in [-0.3, -0.25) is 4.79 Å². The molecule has 2 aliphatic rings. The third kappa shape index (κ3) is 4.88. The fourth-order valence-electron chi connectivity index (χ4n) is 5.10. The van der Waals surface area contributed by atoms with Gasteiger partial charge < -0.3 is 14.5 Å². The molecule has 3 heterocycles. The number of nitrogens with one attached hydrogen (secondary N) is 1. The summed E-state index contributed by atoms with van der Waals surface area (Å²) >= 11 is 1.60. The van der Waals surface area contributed by atoms with Crippen molar-refractivity contribution in [3.63, 3.8) is 0 Å². The Kier molecular flexibility index (Phi) is 6.25. The molecule has 1 aliphatic heterocycles. The van der Waals surface area contributed by atoms with Gasteiger partial charge in [0.05, 0.1) is 11.3 Å². The van der Waals surface area contributed by atoms with E-state index in [9.17, 15) is 22.4 Å². The molecule has 1 aliphatic carbocycles. The van der Waals surface area contributed by atoms with Crippen LogP contribution in [0.25, 0.3) is 11.5 Å². The number of nitrogens with zero attached hydrogens (tertiary/aromatic N) is 4. The van der Waals surface area contributed by atoms with E-state index < -0.39 is 17.6 Å². The van der Waals surface area contributed by atoms with Gasteiger partial charge in [-0.2, -0.15) is 13.2 Å². The van der Waals surface area contributed by atoms with Gasteiger partial charge in [-0.05, 0) is 67.4 Å². The Hall–Kier alpha value is -2.66. The Morgan fingerprint density at radius 2 is 2.06 bits per heavy atom. The quantitative estimate of drug-likeness (QED) is 0.286. The maximum absolute atomic E-state index is 14.4. The molecule has 186 valence electrons. The van der Waals surface area contributed by atoms with Gasteiger partial charge in [0.1, 0.15) is 5.82 Å². The molecule has 11 heteroatoms. The highest BCUT2D eigenvalue weighted by atomic mass is 32.2. The molecule has 0 amide bonds. The third-order valence-corrected chi connectivity index (χ3v) is 8.16. The zero-order chi connectivity index (χ0) is 24.8. The largest absolute Gasteiger partial charge is 0.416 e. The lowest BCUT2D eigenvalue weighted by Crippen LogP contribution is -2.23. The first kappa shape index (κ1) is 24.1. The van der Waals surface area contributed by atoms with E-state index in [2.05, 4.69) is 20.1 Å². The van der Waals surface area contributed by atoms with Crippen molar-refractivity contribution in [1.82, 2.24) is 24.6 Å². The van der Waals surface area contributed by atoms with Crippen LogP contribution in [0.2, 0.25) is 0 Å². The van der Waals surface area contributed by atoms with E-state index in [1.54, 1.807) is 23.9 Å². The van der Waals surface area contributed by atoms with Crippen LogP contribution in [0.15, 0.2) is 46.3 Å². The minimum atomic E-state index is -4.53. The number of aromatic nitrogens is 4. The average Bonchev–Trinajstić information content (AvgIpc) is 3.13. The topological polar surface area (TPSA) is 66.8 Å². The first-order chi connectivity index (χ1) is 16.7. The van der Waals surface area contributed by atoms with Gasteiger partial charge in [-0.1, -0.05) is 23.9 Å². The second-order valence-electron chi connectivity index (χ2n) is 9.38. The molecule has 1 saturated heterocycles. The summed E-state index contributed by atoms with van der Waals surface area (Å²) in [5.74, 6) is 0.685. The third-order valence-electron chi connectivity index (χ3n) is 7.05. The lowest BCUT2D eigenvalue weighted by atomic mass is 9.97. The van der Waals surface area contributed by atoms with E-state index in [1.165, 1.54) is 12.1 Å². The summed E-state index contributed by atoms with van der Waals surface area (Å²) in [6.45, 7) is 2.66. The molecular weight excluding hydrogens is 482 g/mol. The van der Waals surface area contributed by atoms with Crippen molar-refractivity contribution in [3.8, 4) is 11.5 Å². The maximum atomic E-state index is 14.4. The van der Waals surface area contributed by atoms with Crippen molar-refractivity contribution in [2.24, 2.45) is 12.5 Å². The molecule has 2 atom stereocenters. The maximum Gasteiger partial charge on any atom is 0.416 e. The highest BCUT2D eigenvalue weighted by Gasteiger charge is 2.58. The van der Waals surface area contributed by atoms with Crippen LogP contribution >= 0.6 is 11.8 Å². The van der Waals surface area contributed by atoms with Crippen LogP contribution in [0.3, 0.4) is 0 Å². The summed E-state index contributed by atoms with van der Waals surface area (Å²) in [6.07, 6.45) is -1.84. The first-order valence-corrected chi connectivity index (χ1v) is 12.5. The zero-order valence-corrected chi connectivity index (χ0v) is 19.9. The Morgan fingerprint density at radius 3 is 2.80 bits per heavy atom. The predicted molar refractivity (Wildman–Crippen MR) is 125 cm³/mol. The predicted octanol–water partition coefficient (Wildman–Crippen LogP) is 4.69. The zero-order valence-electron chi connectivity index (χ0n) is 19.1. The fourth-order valence-corrected chi connectivity index (χ4v) is 5.94. The van der Waals surface area contributed by atoms with Crippen LogP contribution in [0.5, 0.6) is 0 Å². The van der Waals surface area contributed by atoms with E-state index in [0.29, 0.717) is 23.1 Å². The number of likely N-dealkylation sites (tertiary alicyclic amines) is 1. The number of benzene rings is 1. The second-order valence-corrected chi connectivity index (χ2v) is 10.4. The van der Waals surface area contributed by atoms with Gasteiger partial charge in [0.2, 0.25) is 5.56 Å². The molecule has 2 fully saturated rings. The normalized spacial score (nSPS) is 22.3. The van der Waals surface area contributed by atoms with Crippen LogP contribution < -0.4 is 5.56 Å². The summed E-state index contributed by atoms with van der Waals surface area (Å²) in [4.78, 5) is 16.7. The Bertz CT molecular complexity index is 1290. The summed E-state index contributed by atoms with van der Waals surface area (Å²) in [5, 5.41) is 9.19. The van der Waals surface area contributed by atoms with Gasteiger partial charge in [0, 0.05) is 25.4 Å². The molecule has 1 N–H and O–H groups in total. The highest BCUT2D eigenvalue weighted by molar-refractivity contribution is 7.99. The Balaban J connectivity index is 1.11. The van der Waals surface area contributed by atoms with E-state index in [0.717, 1.165) is 55.9 Å². The first-order valence-electron chi connectivity index (χ1n) is 11.5. The van der Waals surface area contributed by atoms with E-state index in [4.69, 9.17) is 0 Å². The number of pyridine rings is 1. The molecule has 2 aromatic heterocycles. The fraction of sp³-hybridized carbons (Fsp3) is 0.458. The molecule has 6 nitrogen and oxygen atoms in total. The SMILES string of the molecule is Cn1c(SCCCN2CCC3(C[C@H]3c3ccc(C(F)(F)F)cc3F)C2)nnc1-c1cccc(=O)[nH]1. The van der Waals surface area contributed by atoms with Crippen molar-refractivity contribution < 1.29 is 17.6 Å². The molecule has 1 saturated carbocycles. The number of halogens is 4. The van der Waals surface area contributed by atoms with Crippen LogP contribution in [0, 0.1) is 11.2 Å². The molecule has 3 aromatic rings. The van der Waals surface area contributed by atoms with Gasteiger partial charge >= 0.3 is 6.18 Å². The average molecular weight is 508 g/mol. The number of aromatic amines is 1. The Morgan fingerprint density at radius 1 is 1.23 bits per heavy atom. The summed E-state index contributed by atoms with van der Waals surface area (Å²) < 4.78 is 54.8. The molecule has 0 bridgehead atoms. The number of H-pyrrole nitrogens is 1. The highest BCUT2D eigenvalue weighted by Crippen LogP contribution is 2.64. The van der Waals surface area contributed by atoms with Crippen LogP contribution in [0.1, 0.15) is 36.3 Å².